The molecule has 3 aromatic rings. The van der Waals surface area contributed by atoms with Crippen molar-refractivity contribution in [1.29, 1.82) is 0 Å². The second-order valence-corrected chi connectivity index (χ2v) is 3.91. The van der Waals surface area contributed by atoms with E-state index >= 15 is 0 Å². The quantitative estimate of drug-likeness (QED) is 0.554. The van der Waals surface area contributed by atoms with Gasteiger partial charge in [0.15, 0.2) is 0 Å². The van der Waals surface area contributed by atoms with Gasteiger partial charge in [0.2, 0.25) is 0 Å². The normalized spacial score (nSPS) is 11.3. The summed E-state index contributed by atoms with van der Waals surface area (Å²) in [5, 5.41) is 10.4. The van der Waals surface area contributed by atoms with E-state index in [1.807, 2.05) is 12.3 Å². The summed E-state index contributed by atoms with van der Waals surface area (Å²) < 4.78 is 2.14. The lowest BCUT2D eigenvalue weighted by Crippen LogP contribution is -1.94. The number of rotatable bonds is 0. The van der Waals surface area contributed by atoms with Gasteiger partial charge in [0.25, 0.3) is 0 Å². The van der Waals surface area contributed by atoms with Crippen LogP contribution in [-0.4, -0.2) is 14.8 Å². The van der Waals surface area contributed by atoms with Gasteiger partial charge in [0.05, 0.1) is 17.2 Å². The standard InChI is InChI=1S/C12H11N3/c1-8-5-9-3-4-11-10(6-13-14-11)12(9)15(2)7-8/h3-7H,1-2H3. The lowest BCUT2D eigenvalue weighted by atomic mass is 10.1. The Morgan fingerprint density at radius 2 is 2.13 bits per heavy atom. The van der Waals surface area contributed by atoms with E-state index in [9.17, 15) is 0 Å². The molecular formula is C12H11N3. The second kappa shape index (κ2) is 2.79. The van der Waals surface area contributed by atoms with Crippen molar-refractivity contribution in [2.75, 3.05) is 0 Å². The van der Waals surface area contributed by atoms with Gasteiger partial charge in [-0.3, -0.25) is 0 Å². The largest absolute Gasteiger partial charge is 0.350 e. The van der Waals surface area contributed by atoms with Crippen molar-refractivity contribution in [1.82, 2.24) is 14.8 Å². The van der Waals surface area contributed by atoms with Gasteiger partial charge in [0.1, 0.15) is 0 Å². The van der Waals surface area contributed by atoms with E-state index < -0.39 is 0 Å². The van der Waals surface area contributed by atoms with Crippen molar-refractivity contribution >= 4 is 21.8 Å². The van der Waals surface area contributed by atoms with E-state index in [4.69, 9.17) is 0 Å². The van der Waals surface area contributed by atoms with Crippen LogP contribution in [0.15, 0.2) is 30.6 Å². The summed E-state index contributed by atoms with van der Waals surface area (Å²) >= 11 is 0. The minimum atomic E-state index is 0.960. The van der Waals surface area contributed by atoms with Crippen LogP contribution in [0.4, 0.5) is 0 Å². The predicted octanol–water partition coefficient (Wildman–Crippen LogP) is 2.43. The molecule has 15 heavy (non-hydrogen) atoms. The Kier molecular flexibility index (Phi) is 1.57. The van der Waals surface area contributed by atoms with Crippen LogP contribution in [0, 0.1) is 6.92 Å². The average molecular weight is 197 g/mol. The predicted molar refractivity (Wildman–Crippen MR) is 60.8 cm³/mol. The SMILES string of the molecule is Cc1cc2ccc3nncc3c2n(C)c1. The van der Waals surface area contributed by atoms with Gasteiger partial charge in [0, 0.05) is 18.6 Å². The number of hydrogen-bond donors (Lipinski definition) is 0. The molecule has 0 saturated heterocycles. The molecule has 0 N–H and O–H groups in total. The Morgan fingerprint density at radius 3 is 3.00 bits per heavy atom. The summed E-state index contributed by atoms with van der Waals surface area (Å²) in [7, 11) is 2.06. The van der Waals surface area contributed by atoms with E-state index in [-0.39, 0.29) is 0 Å². The van der Waals surface area contributed by atoms with Crippen molar-refractivity contribution in [2.24, 2.45) is 7.05 Å². The Bertz CT molecular complexity index is 652. The fraction of sp³-hybridized carbons (Fsp3) is 0.167. The Hall–Kier alpha value is -1.90. The van der Waals surface area contributed by atoms with Gasteiger partial charge in [-0.25, -0.2) is 0 Å². The molecule has 74 valence electrons. The minimum absolute atomic E-state index is 0.960. The Morgan fingerprint density at radius 1 is 1.27 bits per heavy atom. The molecule has 0 aliphatic heterocycles. The van der Waals surface area contributed by atoms with Crippen molar-refractivity contribution in [3.05, 3.63) is 36.2 Å². The molecule has 0 radical (unpaired) electrons. The zero-order chi connectivity index (χ0) is 10.4. The van der Waals surface area contributed by atoms with E-state index in [2.05, 4.69) is 47.1 Å². The Balaban J connectivity index is 2.62. The van der Waals surface area contributed by atoms with E-state index in [1.54, 1.807) is 0 Å². The van der Waals surface area contributed by atoms with Crippen LogP contribution < -0.4 is 0 Å². The summed E-state index contributed by atoms with van der Waals surface area (Å²) in [6.07, 6.45) is 3.95. The second-order valence-electron chi connectivity index (χ2n) is 3.91. The van der Waals surface area contributed by atoms with E-state index in [0.717, 1.165) is 10.9 Å². The highest BCUT2D eigenvalue weighted by Gasteiger charge is 2.05. The number of aromatic nitrogens is 3. The van der Waals surface area contributed by atoms with Crippen LogP contribution in [-0.2, 0) is 7.05 Å². The maximum atomic E-state index is 4.07. The zero-order valence-electron chi connectivity index (χ0n) is 8.73. The molecule has 0 unspecified atom stereocenters. The van der Waals surface area contributed by atoms with Crippen LogP contribution >= 0.6 is 0 Å². The smallest absolute Gasteiger partial charge is 0.0966 e. The van der Waals surface area contributed by atoms with Gasteiger partial charge in [-0.15, -0.1) is 0 Å². The third-order valence-corrected chi connectivity index (χ3v) is 2.71. The fourth-order valence-corrected chi connectivity index (χ4v) is 2.14. The first-order valence-electron chi connectivity index (χ1n) is 4.93. The molecule has 2 aromatic heterocycles. The van der Waals surface area contributed by atoms with Crippen molar-refractivity contribution in [3.63, 3.8) is 0 Å². The lowest BCUT2D eigenvalue weighted by Gasteiger charge is -2.07. The first-order chi connectivity index (χ1) is 7.25. The van der Waals surface area contributed by atoms with Gasteiger partial charge in [-0.05, 0) is 30.0 Å². The van der Waals surface area contributed by atoms with Crippen LogP contribution in [0.3, 0.4) is 0 Å². The van der Waals surface area contributed by atoms with Crippen molar-refractivity contribution in [3.8, 4) is 0 Å². The number of nitrogens with zero attached hydrogens (tertiary/aromatic N) is 3. The lowest BCUT2D eigenvalue weighted by molar-refractivity contribution is 0.947. The molecule has 0 spiro atoms. The first-order valence-corrected chi connectivity index (χ1v) is 4.93. The molecule has 0 aliphatic carbocycles. The monoisotopic (exact) mass is 197 g/mol. The fourth-order valence-electron chi connectivity index (χ4n) is 2.14. The molecule has 0 aliphatic rings. The molecule has 2 heterocycles. The highest BCUT2D eigenvalue weighted by Crippen LogP contribution is 2.23. The average Bonchev–Trinajstić information content (AvgIpc) is 2.63. The van der Waals surface area contributed by atoms with Gasteiger partial charge < -0.3 is 4.57 Å². The van der Waals surface area contributed by atoms with E-state index in [0.29, 0.717) is 0 Å². The van der Waals surface area contributed by atoms with Gasteiger partial charge in [-0.2, -0.15) is 10.2 Å². The summed E-state index contributed by atoms with van der Waals surface area (Å²) in [5.74, 6) is 0. The molecule has 3 nitrogen and oxygen atoms in total. The topological polar surface area (TPSA) is 30.7 Å². The molecular weight excluding hydrogens is 186 g/mol. The maximum absolute atomic E-state index is 4.07. The molecule has 3 rings (SSSR count). The van der Waals surface area contributed by atoms with Crippen LogP contribution in [0.1, 0.15) is 5.56 Å². The van der Waals surface area contributed by atoms with Crippen LogP contribution in [0.5, 0.6) is 0 Å². The summed E-state index contributed by atoms with van der Waals surface area (Å²) in [5.41, 5.74) is 3.42. The number of fused-ring (bicyclic) bond motifs is 3. The third-order valence-electron chi connectivity index (χ3n) is 2.71. The number of hydrogen-bond acceptors (Lipinski definition) is 2. The summed E-state index contributed by atoms with van der Waals surface area (Å²) in [6.45, 7) is 2.10. The molecule has 0 bridgehead atoms. The molecule has 0 amide bonds. The zero-order valence-corrected chi connectivity index (χ0v) is 8.73. The van der Waals surface area contributed by atoms with Crippen molar-refractivity contribution < 1.29 is 0 Å². The number of benzene rings is 1. The van der Waals surface area contributed by atoms with Crippen molar-refractivity contribution in [2.45, 2.75) is 6.92 Å². The molecule has 1 aromatic carbocycles. The van der Waals surface area contributed by atoms with Crippen LogP contribution in [0.25, 0.3) is 21.8 Å². The molecule has 0 saturated carbocycles. The highest BCUT2D eigenvalue weighted by atomic mass is 15.1. The highest BCUT2D eigenvalue weighted by molar-refractivity contribution is 6.03. The minimum Gasteiger partial charge on any atom is -0.350 e. The van der Waals surface area contributed by atoms with E-state index in [1.165, 1.54) is 16.5 Å². The third kappa shape index (κ3) is 1.13. The Labute approximate surface area is 87.4 Å². The number of pyridine rings is 1. The molecule has 0 fully saturated rings. The first kappa shape index (κ1) is 8.41. The molecule has 3 heteroatoms. The van der Waals surface area contributed by atoms with Crippen LogP contribution in [0.2, 0.25) is 0 Å². The maximum Gasteiger partial charge on any atom is 0.0966 e. The molecule has 0 atom stereocenters. The summed E-state index contributed by atoms with van der Waals surface area (Å²) in [6, 6.07) is 6.30. The van der Waals surface area contributed by atoms with Gasteiger partial charge >= 0.3 is 0 Å². The number of aryl methyl sites for hydroxylation is 2. The summed E-state index contributed by atoms with van der Waals surface area (Å²) in [4.78, 5) is 0. The van der Waals surface area contributed by atoms with Gasteiger partial charge in [-0.1, -0.05) is 6.07 Å².